The molecule has 100 valence electrons. The van der Waals surface area contributed by atoms with Crippen LogP contribution in [0.4, 0.5) is 0 Å². The van der Waals surface area contributed by atoms with Crippen molar-refractivity contribution in [2.45, 2.75) is 32.6 Å². The SMILES string of the molecule is COc1cc(C)c(OC)c(C(C)(C)CC(=O)O)c1. The fourth-order valence-corrected chi connectivity index (χ4v) is 2.11. The standard InChI is InChI=1S/C14H20O4/c1-9-6-10(17-4)7-11(13(9)18-5)14(2,3)8-12(15)16/h6-7H,8H2,1-5H3,(H,15,16). The number of aryl methyl sites for hydroxylation is 1. The maximum absolute atomic E-state index is 11.0. The van der Waals surface area contributed by atoms with Gasteiger partial charge in [0.2, 0.25) is 0 Å². The third-order valence-corrected chi connectivity index (χ3v) is 3.01. The second-order valence-corrected chi connectivity index (χ2v) is 4.98. The summed E-state index contributed by atoms with van der Waals surface area (Å²) >= 11 is 0. The quantitative estimate of drug-likeness (QED) is 0.875. The number of benzene rings is 1. The Labute approximate surface area is 108 Å². The molecule has 0 saturated heterocycles. The van der Waals surface area contributed by atoms with E-state index in [0.717, 1.165) is 16.9 Å². The predicted molar refractivity (Wildman–Crippen MR) is 69.6 cm³/mol. The van der Waals surface area contributed by atoms with Crippen LogP contribution < -0.4 is 9.47 Å². The largest absolute Gasteiger partial charge is 0.497 e. The molecule has 0 radical (unpaired) electrons. The molecule has 1 rings (SSSR count). The Kier molecular flexibility index (Phi) is 4.22. The van der Waals surface area contributed by atoms with Gasteiger partial charge in [-0.05, 0) is 24.6 Å². The van der Waals surface area contributed by atoms with Gasteiger partial charge in [-0.1, -0.05) is 13.8 Å². The van der Waals surface area contributed by atoms with E-state index in [4.69, 9.17) is 14.6 Å². The molecule has 0 spiro atoms. The third kappa shape index (κ3) is 2.94. The lowest BCUT2D eigenvalue weighted by atomic mass is 9.80. The molecule has 1 aromatic carbocycles. The summed E-state index contributed by atoms with van der Waals surface area (Å²) in [6.45, 7) is 5.69. The average molecular weight is 252 g/mol. The first-order valence-electron chi connectivity index (χ1n) is 5.76. The monoisotopic (exact) mass is 252 g/mol. The van der Waals surface area contributed by atoms with Crippen LogP contribution in [0.1, 0.15) is 31.4 Å². The second kappa shape index (κ2) is 5.29. The van der Waals surface area contributed by atoms with E-state index in [0.29, 0.717) is 5.75 Å². The van der Waals surface area contributed by atoms with Crippen molar-refractivity contribution in [3.05, 3.63) is 23.3 Å². The van der Waals surface area contributed by atoms with Gasteiger partial charge in [-0.15, -0.1) is 0 Å². The molecule has 0 saturated carbocycles. The first-order valence-corrected chi connectivity index (χ1v) is 5.76. The number of carbonyl (C=O) groups is 1. The van der Waals surface area contributed by atoms with E-state index in [2.05, 4.69) is 0 Å². The molecule has 0 unspecified atom stereocenters. The molecule has 0 amide bonds. The van der Waals surface area contributed by atoms with Crippen LogP contribution in [-0.2, 0) is 10.2 Å². The highest BCUT2D eigenvalue weighted by molar-refractivity contribution is 5.69. The molecule has 18 heavy (non-hydrogen) atoms. The second-order valence-electron chi connectivity index (χ2n) is 4.98. The van der Waals surface area contributed by atoms with Crippen LogP contribution in [0, 0.1) is 6.92 Å². The van der Waals surface area contributed by atoms with Gasteiger partial charge >= 0.3 is 5.97 Å². The van der Waals surface area contributed by atoms with E-state index in [1.807, 2.05) is 32.9 Å². The molecule has 1 aromatic rings. The summed E-state index contributed by atoms with van der Waals surface area (Å²) in [6.07, 6.45) is 0.0377. The normalized spacial score (nSPS) is 11.2. The third-order valence-electron chi connectivity index (χ3n) is 3.01. The van der Waals surface area contributed by atoms with Gasteiger partial charge in [-0.3, -0.25) is 4.79 Å². The summed E-state index contributed by atoms with van der Waals surface area (Å²) in [5.41, 5.74) is 1.27. The van der Waals surface area contributed by atoms with Gasteiger partial charge in [0, 0.05) is 11.0 Å². The van der Waals surface area contributed by atoms with Gasteiger partial charge < -0.3 is 14.6 Å². The van der Waals surface area contributed by atoms with Crippen LogP contribution in [0.3, 0.4) is 0 Å². The van der Waals surface area contributed by atoms with Crippen molar-refractivity contribution < 1.29 is 19.4 Å². The number of hydrogen-bond donors (Lipinski definition) is 1. The van der Waals surface area contributed by atoms with E-state index >= 15 is 0 Å². The van der Waals surface area contributed by atoms with E-state index < -0.39 is 11.4 Å². The zero-order valence-corrected chi connectivity index (χ0v) is 11.5. The molecular formula is C14H20O4. The van der Waals surface area contributed by atoms with Gasteiger partial charge in [0.1, 0.15) is 11.5 Å². The summed E-state index contributed by atoms with van der Waals surface area (Å²) in [7, 11) is 3.18. The minimum absolute atomic E-state index is 0.0377. The van der Waals surface area contributed by atoms with Gasteiger partial charge in [-0.2, -0.15) is 0 Å². The predicted octanol–water partition coefficient (Wildman–Crippen LogP) is 2.76. The van der Waals surface area contributed by atoms with E-state index in [-0.39, 0.29) is 6.42 Å². The van der Waals surface area contributed by atoms with Gasteiger partial charge in [-0.25, -0.2) is 0 Å². The summed E-state index contributed by atoms with van der Waals surface area (Å²) in [6, 6.07) is 3.72. The van der Waals surface area contributed by atoms with Crippen molar-refractivity contribution in [2.24, 2.45) is 0 Å². The maximum Gasteiger partial charge on any atom is 0.304 e. The molecule has 0 aliphatic heterocycles. The maximum atomic E-state index is 11.0. The molecule has 0 atom stereocenters. The first-order chi connectivity index (χ1) is 8.31. The molecule has 1 N–H and O–H groups in total. The highest BCUT2D eigenvalue weighted by atomic mass is 16.5. The number of carboxylic acid groups (broad SMARTS) is 1. The summed E-state index contributed by atoms with van der Waals surface area (Å²) < 4.78 is 10.6. The lowest BCUT2D eigenvalue weighted by molar-refractivity contribution is -0.138. The van der Waals surface area contributed by atoms with Crippen molar-refractivity contribution in [3.8, 4) is 11.5 Å². The van der Waals surface area contributed by atoms with Gasteiger partial charge in [0.25, 0.3) is 0 Å². The fraction of sp³-hybridized carbons (Fsp3) is 0.500. The van der Waals surface area contributed by atoms with Crippen LogP contribution in [0.5, 0.6) is 11.5 Å². The highest BCUT2D eigenvalue weighted by Gasteiger charge is 2.29. The first kappa shape index (κ1) is 14.4. The molecule has 0 aromatic heterocycles. The molecular weight excluding hydrogens is 232 g/mol. The van der Waals surface area contributed by atoms with Gasteiger partial charge in [0.05, 0.1) is 20.6 Å². The van der Waals surface area contributed by atoms with Crippen molar-refractivity contribution in [1.29, 1.82) is 0 Å². The Hall–Kier alpha value is -1.71. The number of hydrogen-bond acceptors (Lipinski definition) is 3. The van der Waals surface area contributed by atoms with Crippen LogP contribution in [0.2, 0.25) is 0 Å². The van der Waals surface area contributed by atoms with E-state index in [9.17, 15) is 4.79 Å². The van der Waals surface area contributed by atoms with Crippen molar-refractivity contribution in [2.75, 3.05) is 14.2 Å². The molecule has 0 aliphatic rings. The summed E-state index contributed by atoms with van der Waals surface area (Å²) in [5, 5.41) is 9.00. The Balaban J connectivity index is 3.36. The zero-order chi connectivity index (χ0) is 13.9. The topological polar surface area (TPSA) is 55.8 Å². The molecule has 0 heterocycles. The average Bonchev–Trinajstić information content (AvgIpc) is 2.26. The lowest BCUT2D eigenvalue weighted by Gasteiger charge is -2.27. The van der Waals surface area contributed by atoms with Crippen LogP contribution in [0.25, 0.3) is 0 Å². The van der Waals surface area contributed by atoms with E-state index in [1.165, 1.54) is 0 Å². The van der Waals surface area contributed by atoms with Crippen molar-refractivity contribution in [3.63, 3.8) is 0 Å². The molecule has 0 bridgehead atoms. The Morgan fingerprint density at radius 2 is 1.89 bits per heavy atom. The smallest absolute Gasteiger partial charge is 0.304 e. The summed E-state index contributed by atoms with van der Waals surface area (Å²) in [4.78, 5) is 11.0. The number of carboxylic acids is 1. The van der Waals surface area contributed by atoms with Crippen molar-refractivity contribution in [1.82, 2.24) is 0 Å². The minimum Gasteiger partial charge on any atom is -0.497 e. The number of methoxy groups -OCH3 is 2. The number of ether oxygens (including phenoxy) is 2. The Bertz CT molecular complexity index is 449. The highest BCUT2D eigenvalue weighted by Crippen LogP contribution is 2.39. The number of rotatable bonds is 5. The molecule has 4 nitrogen and oxygen atoms in total. The Morgan fingerprint density at radius 3 is 2.33 bits per heavy atom. The van der Waals surface area contributed by atoms with Crippen LogP contribution >= 0.6 is 0 Å². The zero-order valence-electron chi connectivity index (χ0n) is 11.5. The van der Waals surface area contributed by atoms with Crippen molar-refractivity contribution >= 4 is 5.97 Å². The molecule has 4 heteroatoms. The lowest BCUT2D eigenvalue weighted by Crippen LogP contribution is -2.23. The van der Waals surface area contributed by atoms with Gasteiger partial charge in [0.15, 0.2) is 0 Å². The molecule has 0 aliphatic carbocycles. The minimum atomic E-state index is -0.831. The summed E-state index contributed by atoms with van der Waals surface area (Å²) in [5.74, 6) is 0.603. The van der Waals surface area contributed by atoms with E-state index in [1.54, 1.807) is 14.2 Å². The van der Waals surface area contributed by atoms with Crippen LogP contribution in [0.15, 0.2) is 12.1 Å². The number of aliphatic carboxylic acids is 1. The fourth-order valence-electron chi connectivity index (χ4n) is 2.11. The molecule has 0 fully saturated rings. The Morgan fingerprint density at radius 1 is 1.28 bits per heavy atom. The van der Waals surface area contributed by atoms with Crippen LogP contribution in [-0.4, -0.2) is 25.3 Å².